The Balaban J connectivity index is 1.52. The second kappa shape index (κ2) is 9.41. The van der Waals surface area contributed by atoms with Gasteiger partial charge >= 0.3 is 0 Å². The predicted octanol–water partition coefficient (Wildman–Crippen LogP) is 4.75. The zero-order valence-corrected chi connectivity index (χ0v) is 17.4. The van der Waals surface area contributed by atoms with Crippen LogP contribution in [0.25, 0.3) is 0 Å². The van der Waals surface area contributed by atoms with Crippen molar-refractivity contribution in [3.63, 3.8) is 0 Å². The number of ketones is 1. The Hall–Kier alpha value is -3.70. The number of imidazole rings is 1. The molecule has 1 amide bonds. The van der Waals surface area contributed by atoms with Gasteiger partial charge in [0, 0.05) is 41.6 Å². The first-order valence-electron chi connectivity index (χ1n) is 9.82. The Kier molecular flexibility index (Phi) is 6.24. The third-order valence-electron chi connectivity index (χ3n) is 4.99. The van der Waals surface area contributed by atoms with E-state index in [0.29, 0.717) is 34.8 Å². The number of nitrogens with one attached hydrogen (secondary N) is 1. The third-order valence-corrected chi connectivity index (χ3v) is 5.24. The van der Waals surface area contributed by atoms with E-state index in [0.717, 1.165) is 11.1 Å². The van der Waals surface area contributed by atoms with Gasteiger partial charge in [-0.15, -0.1) is 0 Å². The monoisotopic (exact) mass is 429 g/mol. The first-order valence-corrected chi connectivity index (χ1v) is 10.2. The predicted molar refractivity (Wildman–Crippen MR) is 120 cm³/mol. The van der Waals surface area contributed by atoms with Crippen LogP contribution in [0.4, 0.5) is 0 Å². The SMILES string of the molecule is O=C(NCc1ccccc1Cn1ccnc1)c1ccccc1C(=O)c1ccc(Cl)cc1. The molecule has 0 saturated carbocycles. The van der Waals surface area contributed by atoms with Crippen LogP contribution in [0.15, 0.2) is 91.5 Å². The largest absolute Gasteiger partial charge is 0.348 e. The summed E-state index contributed by atoms with van der Waals surface area (Å²) < 4.78 is 1.97. The van der Waals surface area contributed by atoms with Crippen molar-refractivity contribution in [2.75, 3.05) is 0 Å². The maximum Gasteiger partial charge on any atom is 0.252 e. The van der Waals surface area contributed by atoms with Crippen LogP contribution >= 0.6 is 11.6 Å². The van der Waals surface area contributed by atoms with Gasteiger partial charge in [0.2, 0.25) is 0 Å². The number of benzene rings is 3. The van der Waals surface area contributed by atoms with E-state index in [4.69, 9.17) is 11.6 Å². The van der Waals surface area contributed by atoms with Crippen LogP contribution in [-0.2, 0) is 13.1 Å². The molecule has 1 aromatic heterocycles. The smallest absolute Gasteiger partial charge is 0.252 e. The van der Waals surface area contributed by atoms with Gasteiger partial charge in [-0.25, -0.2) is 4.98 Å². The normalized spacial score (nSPS) is 10.6. The van der Waals surface area contributed by atoms with Crippen LogP contribution < -0.4 is 5.32 Å². The van der Waals surface area contributed by atoms with Gasteiger partial charge in [0.25, 0.3) is 5.91 Å². The fourth-order valence-electron chi connectivity index (χ4n) is 3.37. The van der Waals surface area contributed by atoms with Crippen LogP contribution in [0.3, 0.4) is 0 Å². The van der Waals surface area contributed by atoms with E-state index in [9.17, 15) is 9.59 Å². The van der Waals surface area contributed by atoms with Crippen molar-refractivity contribution in [3.8, 4) is 0 Å². The summed E-state index contributed by atoms with van der Waals surface area (Å²) in [5.41, 5.74) is 3.27. The highest BCUT2D eigenvalue weighted by Gasteiger charge is 2.18. The molecule has 0 aliphatic rings. The molecule has 0 aliphatic heterocycles. The zero-order chi connectivity index (χ0) is 21.6. The summed E-state index contributed by atoms with van der Waals surface area (Å²) >= 11 is 5.92. The number of rotatable bonds is 7. The Morgan fingerprint density at radius 3 is 2.26 bits per heavy atom. The number of carbonyl (C=O) groups is 2. The summed E-state index contributed by atoms with van der Waals surface area (Å²) in [5.74, 6) is -0.515. The average molecular weight is 430 g/mol. The summed E-state index contributed by atoms with van der Waals surface area (Å²) in [6, 6.07) is 21.4. The Bertz CT molecular complexity index is 1200. The topological polar surface area (TPSA) is 64.0 Å². The standard InChI is InChI=1S/C25H20ClN3O2/c26-21-11-9-18(10-12-21)24(30)22-7-3-4-8-23(22)25(31)28-15-19-5-1-2-6-20(19)16-29-14-13-27-17-29/h1-14,17H,15-16H2,(H,28,31). The lowest BCUT2D eigenvalue weighted by Gasteiger charge is -2.13. The number of amides is 1. The Morgan fingerprint density at radius 2 is 1.55 bits per heavy atom. The minimum atomic E-state index is -0.296. The minimum absolute atomic E-state index is 0.220. The van der Waals surface area contributed by atoms with Crippen LogP contribution in [-0.4, -0.2) is 21.2 Å². The molecule has 0 saturated heterocycles. The molecule has 4 rings (SSSR count). The molecule has 0 fully saturated rings. The second-order valence-electron chi connectivity index (χ2n) is 7.07. The summed E-state index contributed by atoms with van der Waals surface area (Å²) in [6.07, 6.45) is 5.39. The van der Waals surface area contributed by atoms with Crippen LogP contribution in [0, 0.1) is 0 Å². The lowest BCUT2D eigenvalue weighted by molar-refractivity contribution is 0.0939. The molecular weight excluding hydrogens is 410 g/mol. The van der Waals surface area contributed by atoms with Crippen molar-refractivity contribution in [3.05, 3.63) is 124 Å². The molecule has 0 bridgehead atoms. The van der Waals surface area contributed by atoms with E-state index in [1.165, 1.54) is 0 Å². The third kappa shape index (κ3) is 4.90. The van der Waals surface area contributed by atoms with Crippen molar-refractivity contribution in [2.45, 2.75) is 13.1 Å². The molecule has 5 nitrogen and oxygen atoms in total. The number of aromatic nitrogens is 2. The molecule has 0 aliphatic carbocycles. The molecule has 4 aromatic rings. The summed E-state index contributed by atoms with van der Waals surface area (Å²) in [5, 5.41) is 3.51. The van der Waals surface area contributed by atoms with E-state index < -0.39 is 0 Å². The first kappa shape index (κ1) is 20.6. The Morgan fingerprint density at radius 1 is 0.871 bits per heavy atom. The van der Waals surface area contributed by atoms with Gasteiger partial charge in [-0.1, -0.05) is 54.1 Å². The average Bonchev–Trinajstić information content (AvgIpc) is 3.31. The van der Waals surface area contributed by atoms with Gasteiger partial charge < -0.3 is 9.88 Å². The molecule has 0 radical (unpaired) electrons. The molecule has 3 aromatic carbocycles. The summed E-state index contributed by atoms with van der Waals surface area (Å²) in [6.45, 7) is 1.02. The lowest BCUT2D eigenvalue weighted by Crippen LogP contribution is -2.25. The lowest BCUT2D eigenvalue weighted by atomic mass is 9.98. The summed E-state index contributed by atoms with van der Waals surface area (Å²) in [4.78, 5) is 30.0. The van der Waals surface area contributed by atoms with Crippen LogP contribution in [0.5, 0.6) is 0 Å². The molecule has 0 spiro atoms. The van der Waals surface area contributed by atoms with Crippen molar-refractivity contribution >= 4 is 23.3 Å². The highest BCUT2D eigenvalue weighted by molar-refractivity contribution is 6.30. The van der Waals surface area contributed by atoms with Gasteiger partial charge in [0.1, 0.15) is 0 Å². The quantitative estimate of drug-likeness (QED) is 0.431. The van der Waals surface area contributed by atoms with Gasteiger partial charge in [0.15, 0.2) is 5.78 Å². The molecule has 6 heteroatoms. The number of carbonyl (C=O) groups excluding carboxylic acids is 2. The minimum Gasteiger partial charge on any atom is -0.348 e. The molecule has 0 unspecified atom stereocenters. The number of hydrogen-bond donors (Lipinski definition) is 1. The highest BCUT2D eigenvalue weighted by Crippen LogP contribution is 2.18. The van der Waals surface area contributed by atoms with E-state index in [1.807, 2.05) is 35.0 Å². The number of halogens is 1. The van der Waals surface area contributed by atoms with Crippen molar-refractivity contribution in [1.82, 2.24) is 14.9 Å². The molecule has 1 N–H and O–H groups in total. The highest BCUT2D eigenvalue weighted by atomic mass is 35.5. The maximum atomic E-state index is 13.0. The van der Waals surface area contributed by atoms with Crippen LogP contribution in [0.2, 0.25) is 5.02 Å². The first-order chi connectivity index (χ1) is 15.1. The van der Waals surface area contributed by atoms with Crippen LogP contribution in [0.1, 0.15) is 37.4 Å². The molecule has 0 atom stereocenters. The molecule has 1 heterocycles. The van der Waals surface area contributed by atoms with Gasteiger partial charge in [-0.05, 0) is 41.5 Å². The van der Waals surface area contributed by atoms with Gasteiger partial charge in [-0.2, -0.15) is 0 Å². The van der Waals surface area contributed by atoms with E-state index >= 15 is 0 Å². The van der Waals surface area contributed by atoms with Crippen molar-refractivity contribution in [1.29, 1.82) is 0 Å². The van der Waals surface area contributed by atoms with Gasteiger partial charge in [0.05, 0.1) is 11.9 Å². The fraction of sp³-hybridized carbons (Fsp3) is 0.0800. The number of nitrogens with zero attached hydrogens (tertiary/aromatic N) is 2. The number of hydrogen-bond acceptors (Lipinski definition) is 3. The van der Waals surface area contributed by atoms with Gasteiger partial charge in [-0.3, -0.25) is 9.59 Å². The van der Waals surface area contributed by atoms with Crippen molar-refractivity contribution in [2.24, 2.45) is 0 Å². The van der Waals surface area contributed by atoms with E-state index in [1.54, 1.807) is 61.1 Å². The zero-order valence-electron chi connectivity index (χ0n) is 16.7. The van der Waals surface area contributed by atoms with E-state index in [-0.39, 0.29) is 11.7 Å². The Labute approximate surface area is 185 Å². The maximum absolute atomic E-state index is 13.0. The molecule has 31 heavy (non-hydrogen) atoms. The molecule has 154 valence electrons. The van der Waals surface area contributed by atoms with Crippen molar-refractivity contribution < 1.29 is 9.59 Å². The summed E-state index contributed by atoms with van der Waals surface area (Å²) in [7, 11) is 0. The second-order valence-corrected chi connectivity index (χ2v) is 7.50. The molecular formula is C25H20ClN3O2. The fourth-order valence-corrected chi connectivity index (χ4v) is 3.49. The van der Waals surface area contributed by atoms with E-state index in [2.05, 4.69) is 10.3 Å².